The van der Waals surface area contributed by atoms with E-state index in [4.69, 9.17) is 0 Å². The number of nitrogens with one attached hydrogen (secondary N) is 2. The van der Waals surface area contributed by atoms with Crippen molar-refractivity contribution in [3.63, 3.8) is 0 Å². The molecule has 2 aromatic heterocycles. The second kappa shape index (κ2) is 7.53. The van der Waals surface area contributed by atoms with Crippen molar-refractivity contribution in [2.75, 3.05) is 6.54 Å². The Morgan fingerprint density at radius 2 is 1.93 bits per heavy atom. The fourth-order valence-corrected chi connectivity index (χ4v) is 3.08. The van der Waals surface area contributed by atoms with Gasteiger partial charge in [0.25, 0.3) is 5.56 Å². The van der Waals surface area contributed by atoms with Crippen molar-refractivity contribution in [2.45, 2.75) is 33.2 Å². The quantitative estimate of drug-likeness (QED) is 0.700. The topological polar surface area (TPSA) is 110 Å². The number of carbonyl (C=O) groups is 1. The highest BCUT2D eigenvalue weighted by Gasteiger charge is 2.20. The monoisotopic (exact) mass is 367 g/mol. The first kappa shape index (κ1) is 18.5. The number of H-pyrrole nitrogens is 1. The van der Waals surface area contributed by atoms with E-state index in [1.807, 2.05) is 13.0 Å². The van der Waals surface area contributed by atoms with Crippen molar-refractivity contribution >= 4 is 16.7 Å². The van der Waals surface area contributed by atoms with E-state index < -0.39 is 5.92 Å². The zero-order valence-corrected chi connectivity index (χ0v) is 15.4. The Labute approximate surface area is 155 Å². The molecular formula is C19H21N5O3. The summed E-state index contributed by atoms with van der Waals surface area (Å²) in [5, 5.41) is 10.5. The van der Waals surface area contributed by atoms with E-state index >= 15 is 0 Å². The van der Waals surface area contributed by atoms with Gasteiger partial charge in [-0.2, -0.15) is 10.1 Å². The summed E-state index contributed by atoms with van der Waals surface area (Å²) in [6, 6.07) is 8.86. The van der Waals surface area contributed by atoms with Crippen molar-refractivity contribution < 1.29 is 4.79 Å². The van der Waals surface area contributed by atoms with E-state index in [-0.39, 0.29) is 23.7 Å². The van der Waals surface area contributed by atoms with Gasteiger partial charge in [0.05, 0.1) is 17.0 Å². The predicted octanol–water partition coefficient (Wildman–Crippen LogP) is 1.02. The number of aryl methyl sites for hydroxylation is 2. The molecule has 0 saturated heterocycles. The summed E-state index contributed by atoms with van der Waals surface area (Å²) in [6.07, 6.45) is 0. The SMILES string of the molecule is Cc1cc(C)n(CCNC(=O)C(C)c2n[nH]c(=O)c3ccccc23)c(=O)n1. The second-order valence-corrected chi connectivity index (χ2v) is 6.47. The average Bonchev–Trinajstić information content (AvgIpc) is 2.63. The lowest BCUT2D eigenvalue weighted by Gasteiger charge is -2.14. The van der Waals surface area contributed by atoms with Crippen LogP contribution in [-0.4, -0.2) is 32.2 Å². The van der Waals surface area contributed by atoms with Gasteiger partial charge in [-0.05, 0) is 32.9 Å². The van der Waals surface area contributed by atoms with E-state index in [0.717, 1.165) is 5.69 Å². The number of aromatic nitrogens is 4. The molecule has 2 heterocycles. The van der Waals surface area contributed by atoms with E-state index in [0.29, 0.717) is 28.7 Å². The molecule has 0 fully saturated rings. The molecule has 0 saturated carbocycles. The maximum atomic E-state index is 12.5. The van der Waals surface area contributed by atoms with Gasteiger partial charge in [-0.25, -0.2) is 9.89 Å². The molecule has 3 aromatic rings. The number of amides is 1. The van der Waals surface area contributed by atoms with Crippen molar-refractivity contribution in [3.8, 4) is 0 Å². The second-order valence-electron chi connectivity index (χ2n) is 6.47. The summed E-state index contributed by atoms with van der Waals surface area (Å²) in [5.41, 5.74) is 1.35. The average molecular weight is 367 g/mol. The van der Waals surface area contributed by atoms with Crippen LogP contribution in [0.25, 0.3) is 10.8 Å². The van der Waals surface area contributed by atoms with Gasteiger partial charge in [-0.1, -0.05) is 18.2 Å². The van der Waals surface area contributed by atoms with Crippen LogP contribution < -0.4 is 16.6 Å². The van der Waals surface area contributed by atoms with Gasteiger partial charge in [0.15, 0.2) is 0 Å². The van der Waals surface area contributed by atoms with Crippen LogP contribution in [0.2, 0.25) is 0 Å². The maximum Gasteiger partial charge on any atom is 0.348 e. The molecule has 3 rings (SSSR count). The number of benzene rings is 1. The fourth-order valence-electron chi connectivity index (χ4n) is 3.08. The minimum Gasteiger partial charge on any atom is -0.354 e. The van der Waals surface area contributed by atoms with Crippen molar-refractivity contribution in [1.82, 2.24) is 25.1 Å². The van der Waals surface area contributed by atoms with Crippen LogP contribution in [0, 0.1) is 13.8 Å². The van der Waals surface area contributed by atoms with Crippen LogP contribution in [0.3, 0.4) is 0 Å². The zero-order valence-electron chi connectivity index (χ0n) is 15.4. The lowest BCUT2D eigenvalue weighted by molar-refractivity contribution is -0.122. The van der Waals surface area contributed by atoms with Crippen LogP contribution in [0.15, 0.2) is 39.9 Å². The van der Waals surface area contributed by atoms with Crippen molar-refractivity contribution in [2.24, 2.45) is 0 Å². The maximum absolute atomic E-state index is 12.5. The summed E-state index contributed by atoms with van der Waals surface area (Å²) in [7, 11) is 0. The van der Waals surface area contributed by atoms with E-state index in [2.05, 4.69) is 20.5 Å². The largest absolute Gasteiger partial charge is 0.354 e. The third-order valence-electron chi connectivity index (χ3n) is 4.51. The molecule has 0 spiro atoms. The normalized spacial score (nSPS) is 12.1. The highest BCUT2D eigenvalue weighted by Crippen LogP contribution is 2.20. The number of rotatable bonds is 5. The predicted molar refractivity (Wildman–Crippen MR) is 102 cm³/mol. The molecule has 2 N–H and O–H groups in total. The van der Waals surface area contributed by atoms with Crippen LogP contribution in [0.5, 0.6) is 0 Å². The lowest BCUT2D eigenvalue weighted by Crippen LogP contribution is -2.35. The first-order chi connectivity index (χ1) is 12.9. The molecule has 8 heteroatoms. The zero-order chi connectivity index (χ0) is 19.6. The smallest absolute Gasteiger partial charge is 0.348 e. The highest BCUT2D eigenvalue weighted by atomic mass is 16.2. The molecule has 0 aliphatic carbocycles. The number of hydrogen-bond donors (Lipinski definition) is 2. The van der Waals surface area contributed by atoms with Gasteiger partial charge >= 0.3 is 5.69 Å². The summed E-state index contributed by atoms with van der Waals surface area (Å²) < 4.78 is 1.52. The Kier molecular flexibility index (Phi) is 5.16. The molecule has 0 aliphatic heterocycles. The van der Waals surface area contributed by atoms with Crippen molar-refractivity contribution in [3.05, 3.63) is 68.3 Å². The van der Waals surface area contributed by atoms with Crippen LogP contribution in [0.1, 0.15) is 29.9 Å². The molecule has 0 radical (unpaired) electrons. The number of hydrogen-bond acceptors (Lipinski definition) is 5. The summed E-state index contributed by atoms with van der Waals surface area (Å²) in [6.45, 7) is 5.94. The Bertz CT molecular complexity index is 1120. The molecule has 27 heavy (non-hydrogen) atoms. The molecule has 0 bridgehead atoms. The molecule has 1 aromatic carbocycles. The number of fused-ring (bicyclic) bond motifs is 1. The van der Waals surface area contributed by atoms with Gasteiger partial charge in [0, 0.05) is 29.9 Å². The summed E-state index contributed by atoms with van der Waals surface area (Å²) >= 11 is 0. The summed E-state index contributed by atoms with van der Waals surface area (Å²) in [5.74, 6) is -0.786. The Balaban J connectivity index is 1.73. The molecule has 1 unspecified atom stereocenters. The minimum absolute atomic E-state index is 0.231. The van der Waals surface area contributed by atoms with Gasteiger partial charge in [-0.3, -0.25) is 14.2 Å². The first-order valence-corrected chi connectivity index (χ1v) is 8.68. The van der Waals surface area contributed by atoms with E-state index in [9.17, 15) is 14.4 Å². The highest BCUT2D eigenvalue weighted by molar-refractivity contribution is 5.90. The van der Waals surface area contributed by atoms with E-state index in [1.165, 1.54) is 4.57 Å². The first-order valence-electron chi connectivity index (χ1n) is 8.68. The Morgan fingerprint density at radius 3 is 2.63 bits per heavy atom. The van der Waals surface area contributed by atoms with Gasteiger partial charge in [-0.15, -0.1) is 0 Å². The molecule has 8 nitrogen and oxygen atoms in total. The molecule has 140 valence electrons. The number of nitrogens with zero attached hydrogens (tertiary/aromatic N) is 3. The van der Waals surface area contributed by atoms with Crippen LogP contribution >= 0.6 is 0 Å². The molecule has 0 aliphatic rings. The van der Waals surface area contributed by atoms with Gasteiger partial charge < -0.3 is 5.32 Å². The molecule has 1 atom stereocenters. The van der Waals surface area contributed by atoms with Crippen molar-refractivity contribution in [1.29, 1.82) is 0 Å². The van der Waals surface area contributed by atoms with Crippen LogP contribution in [-0.2, 0) is 11.3 Å². The summed E-state index contributed by atoms with van der Waals surface area (Å²) in [4.78, 5) is 40.3. The molecular weight excluding hydrogens is 346 g/mol. The van der Waals surface area contributed by atoms with Gasteiger partial charge in [0.2, 0.25) is 5.91 Å². The number of carbonyl (C=O) groups excluding carboxylic acids is 1. The fraction of sp³-hybridized carbons (Fsp3) is 0.316. The molecule has 1 amide bonds. The minimum atomic E-state index is -0.555. The van der Waals surface area contributed by atoms with Crippen LogP contribution in [0.4, 0.5) is 0 Å². The Hall–Kier alpha value is -3.29. The number of aromatic amines is 1. The third-order valence-corrected chi connectivity index (χ3v) is 4.51. The lowest BCUT2D eigenvalue weighted by atomic mass is 10.0. The van der Waals surface area contributed by atoms with E-state index in [1.54, 1.807) is 38.1 Å². The standard InChI is InChI=1S/C19H21N5O3/c1-11-10-12(2)24(19(27)21-11)9-8-20-17(25)13(3)16-14-6-4-5-7-15(14)18(26)23-22-16/h4-7,10,13H,8-9H2,1-3H3,(H,20,25)(H,23,26). The van der Waals surface area contributed by atoms with Gasteiger partial charge in [0.1, 0.15) is 0 Å². The Morgan fingerprint density at radius 1 is 1.22 bits per heavy atom. The third kappa shape index (κ3) is 3.79.